The number of halogens is 1. The van der Waals surface area contributed by atoms with Gasteiger partial charge in [0.05, 0.1) is 17.1 Å². The van der Waals surface area contributed by atoms with Gasteiger partial charge in [-0.05, 0) is 29.6 Å². The Morgan fingerprint density at radius 2 is 2.00 bits per heavy atom. The van der Waals surface area contributed by atoms with Gasteiger partial charge in [-0.3, -0.25) is 4.79 Å². The molecule has 0 unspecified atom stereocenters. The summed E-state index contributed by atoms with van der Waals surface area (Å²) in [6.45, 7) is -0.122. The summed E-state index contributed by atoms with van der Waals surface area (Å²) >= 11 is 7.42. The van der Waals surface area contributed by atoms with E-state index in [0.717, 1.165) is 15.2 Å². The summed E-state index contributed by atoms with van der Waals surface area (Å²) in [5.74, 6) is -1.27. The van der Waals surface area contributed by atoms with Gasteiger partial charge in [-0.25, -0.2) is 17.5 Å². The van der Waals surface area contributed by atoms with Crippen molar-refractivity contribution in [1.29, 1.82) is 0 Å². The standard InChI is InChI=1S/C16H17ClN2O5S2/c1-19(2)26(22,23)14-8-11(5-6-13(14)17)16(21)24-10-15(20)18-9-12-4-3-7-25-12/h3-8H,9-10H2,1-2H3,(H,18,20). The van der Waals surface area contributed by atoms with Gasteiger partial charge < -0.3 is 10.1 Å². The third-order valence-electron chi connectivity index (χ3n) is 3.30. The second-order valence-electron chi connectivity index (χ2n) is 5.36. The van der Waals surface area contributed by atoms with E-state index in [9.17, 15) is 18.0 Å². The van der Waals surface area contributed by atoms with E-state index < -0.39 is 28.5 Å². The summed E-state index contributed by atoms with van der Waals surface area (Å²) in [4.78, 5) is 24.6. The number of rotatable bonds is 7. The Balaban J connectivity index is 2.00. The van der Waals surface area contributed by atoms with Crippen LogP contribution in [0.5, 0.6) is 0 Å². The lowest BCUT2D eigenvalue weighted by molar-refractivity contribution is -0.124. The molecule has 1 N–H and O–H groups in total. The first-order valence-corrected chi connectivity index (χ1v) is 10.1. The number of benzene rings is 1. The predicted octanol–water partition coefficient (Wildman–Crippen LogP) is 2.12. The Labute approximate surface area is 160 Å². The smallest absolute Gasteiger partial charge is 0.338 e. The number of thiophene rings is 1. The normalized spacial score (nSPS) is 11.4. The molecule has 0 bridgehead atoms. The molecule has 26 heavy (non-hydrogen) atoms. The second kappa shape index (κ2) is 8.63. The summed E-state index contributed by atoms with van der Waals surface area (Å²) in [5, 5.41) is 4.50. The van der Waals surface area contributed by atoms with Gasteiger partial charge in [-0.1, -0.05) is 17.7 Å². The average molecular weight is 417 g/mol. The van der Waals surface area contributed by atoms with Crippen LogP contribution in [0.1, 0.15) is 15.2 Å². The monoisotopic (exact) mass is 416 g/mol. The molecule has 1 aromatic carbocycles. The van der Waals surface area contributed by atoms with Gasteiger partial charge in [0.25, 0.3) is 5.91 Å². The van der Waals surface area contributed by atoms with Gasteiger partial charge in [0, 0.05) is 19.0 Å². The molecule has 7 nitrogen and oxygen atoms in total. The van der Waals surface area contributed by atoms with Crippen LogP contribution in [-0.2, 0) is 26.1 Å². The Morgan fingerprint density at radius 3 is 2.62 bits per heavy atom. The van der Waals surface area contributed by atoms with Gasteiger partial charge in [-0.2, -0.15) is 0 Å². The van der Waals surface area contributed by atoms with E-state index in [1.807, 2.05) is 17.5 Å². The zero-order valence-corrected chi connectivity index (χ0v) is 16.5. The molecule has 10 heteroatoms. The molecule has 140 valence electrons. The molecule has 0 aliphatic carbocycles. The lowest BCUT2D eigenvalue weighted by atomic mass is 10.2. The minimum absolute atomic E-state index is 0.0102. The van der Waals surface area contributed by atoms with Crippen LogP contribution in [0.2, 0.25) is 5.02 Å². The van der Waals surface area contributed by atoms with Crippen molar-refractivity contribution in [3.63, 3.8) is 0 Å². The number of ether oxygens (including phenoxy) is 1. The fourth-order valence-electron chi connectivity index (χ4n) is 1.89. The largest absolute Gasteiger partial charge is 0.452 e. The van der Waals surface area contributed by atoms with E-state index in [-0.39, 0.29) is 15.5 Å². The molecule has 0 spiro atoms. The quantitative estimate of drug-likeness (QED) is 0.698. The molecule has 2 rings (SSSR count). The number of hydrogen-bond donors (Lipinski definition) is 1. The maximum absolute atomic E-state index is 12.2. The summed E-state index contributed by atoms with van der Waals surface area (Å²) < 4.78 is 30.4. The van der Waals surface area contributed by atoms with Gasteiger partial charge >= 0.3 is 5.97 Å². The van der Waals surface area contributed by atoms with E-state index >= 15 is 0 Å². The molecular weight excluding hydrogens is 400 g/mol. The Bertz CT molecular complexity index is 895. The van der Waals surface area contributed by atoms with Crippen molar-refractivity contribution >= 4 is 44.8 Å². The molecule has 1 aromatic heterocycles. The van der Waals surface area contributed by atoms with Crippen molar-refractivity contribution in [3.05, 3.63) is 51.2 Å². The van der Waals surface area contributed by atoms with E-state index in [0.29, 0.717) is 6.54 Å². The van der Waals surface area contributed by atoms with Crippen LogP contribution in [0.3, 0.4) is 0 Å². The first-order chi connectivity index (χ1) is 12.2. The number of carbonyl (C=O) groups excluding carboxylic acids is 2. The van der Waals surface area contributed by atoms with Crippen LogP contribution in [0, 0.1) is 0 Å². The first kappa shape index (κ1) is 20.4. The van der Waals surface area contributed by atoms with Gasteiger partial charge in [0.2, 0.25) is 10.0 Å². The minimum atomic E-state index is -3.81. The second-order valence-corrected chi connectivity index (χ2v) is 8.92. The molecule has 2 aromatic rings. The first-order valence-electron chi connectivity index (χ1n) is 7.40. The van der Waals surface area contributed by atoms with Gasteiger partial charge in [-0.15, -0.1) is 11.3 Å². The molecule has 0 radical (unpaired) electrons. The number of sulfonamides is 1. The van der Waals surface area contributed by atoms with Crippen LogP contribution in [0.4, 0.5) is 0 Å². The molecule has 0 aliphatic heterocycles. The summed E-state index contributed by atoms with van der Waals surface area (Å²) in [5.41, 5.74) is -0.0131. The molecule has 0 fully saturated rings. The molecular formula is C16H17ClN2O5S2. The Kier molecular flexibility index (Phi) is 6.76. The highest BCUT2D eigenvalue weighted by atomic mass is 35.5. The Morgan fingerprint density at radius 1 is 1.27 bits per heavy atom. The topological polar surface area (TPSA) is 92.8 Å². The highest BCUT2D eigenvalue weighted by Gasteiger charge is 2.23. The fourth-order valence-corrected chi connectivity index (χ4v) is 3.93. The number of hydrogen-bond acceptors (Lipinski definition) is 6. The van der Waals surface area contributed by atoms with Crippen LogP contribution in [0.15, 0.2) is 40.6 Å². The van der Waals surface area contributed by atoms with Crippen molar-refractivity contribution < 1.29 is 22.7 Å². The van der Waals surface area contributed by atoms with Crippen LogP contribution in [0.25, 0.3) is 0 Å². The van der Waals surface area contributed by atoms with E-state index in [4.69, 9.17) is 16.3 Å². The van der Waals surface area contributed by atoms with E-state index in [1.54, 1.807) is 0 Å². The number of amides is 1. The zero-order valence-electron chi connectivity index (χ0n) is 14.1. The third-order valence-corrected chi connectivity index (χ3v) is 6.47. The summed E-state index contributed by atoms with van der Waals surface area (Å²) in [7, 11) is -1.10. The number of nitrogens with one attached hydrogen (secondary N) is 1. The molecule has 0 atom stereocenters. The highest BCUT2D eigenvalue weighted by molar-refractivity contribution is 7.89. The zero-order chi connectivity index (χ0) is 19.3. The lowest BCUT2D eigenvalue weighted by Crippen LogP contribution is -2.28. The summed E-state index contributed by atoms with van der Waals surface area (Å²) in [6.07, 6.45) is 0. The molecule has 1 amide bonds. The van der Waals surface area contributed by atoms with E-state index in [1.165, 1.54) is 37.6 Å². The number of nitrogens with zero attached hydrogens (tertiary/aromatic N) is 1. The van der Waals surface area contributed by atoms with Crippen LogP contribution >= 0.6 is 22.9 Å². The third kappa shape index (κ3) is 5.04. The number of esters is 1. The van der Waals surface area contributed by atoms with E-state index in [2.05, 4.69) is 5.32 Å². The molecule has 0 saturated carbocycles. The molecule has 0 saturated heterocycles. The predicted molar refractivity (Wildman–Crippen MR) is 98.8 cm³/mol. The maximum atomic E-state index is 12.2. The average Bonchev–Trinajstić information content (AvgIpc) is 3.11. The van der Waals surface area contributed by atoms with Gasteiger partial charge in [0.15, 0.2) is 6.61 Å². The minimum Gasteiger partial charge on any atom is -0.452 e. The van der Waals surface area contributed by atoms with Crippen LogP contribution in [-0.4, -0.2) is 45.3 Å². The van der Waals surface area contributed by atoms with Crippen LogP contribution < -0.4 is 5.32 Å². The van der Waals surface area contributed by atoms with Crippen molar-refractivity contribution in [2.45, 2.75) is 11.4 Å². The van der Waals surface area contributed by atoms with Crippen molar-refractivity contribution in [1.82, 2.24) is 9.62 Å². The van der Waals surface area contributed by atoms with Crippen molar-refractivity contribution in [2.75, 3.05) is 20.7 Å². The maximum Gasteiger partial charge on any atom is 0.338 e. The SMILES string of the molecule is CN(C)S(=O)(=O)c1cc(C(=O)OCC(=O)NCc2cccs2)ccc1Cl. The van der Waals surface area contributed by atoms with Crippen molar-refractivity contribution in [3.8, 4) is 0 Å². The number of carbonyl (C=O) groups is 2. The van der Waals surface area contributed by atoms with Gasteiger partial charge in [0.1, 0.15) is 4.90 Å². The summed E-state index contributed by atoms with van der Waals surface area (Å²) in [6, 6.07) is 7.50. The van der Waals surface area contributed by atoms with Crippen molar-refractivity contribution in [2.24, 2.45) is 0 Å². The molecule has 1 heterocycles. The highest BCUT2D eigenvalue weighted by Crippen LogP contribution is 2.25. The Hall–Kier alpha value is -1.94. The lowest BCUT2D eigenvalue weighted by Gasteiger charge is -2.13. The molecule has 0 aliphatic rings. The fraction of sp³-hybridized carbons (Fsp3) is 0.250.